The highest BCUT2D eigenvalue weighted by atomic mass is 35.5. The first-order valence-electron chi connectivity index (χ1n) is 6.49. The van der Waals surface area contributed by atoms with E-state index in [-0.39, 0.29) is 12.0 Å². The highest BCUT2D eigenvalue weighted by molar-refractivity contribution is 6.32. The lowest BCUT2D eigenvalue weighted by molar-refractivity contribution is 0.0441. The Morgan fingerprint density at radius 3 is 2.74 bits per heavy atom. The summed E-state index contributed by atoms with van der Waals surface area (Å²) in [6.07, 6.45) is 6.02. The van der Waals surface area contributed by atoms with Crippen LogP contribution in [-0.2, 0) is 6.42 Å². The lowest BCUT2D eigenvalue weighted by Crippen LogP contribution is -2.35. The first-order valence-corrected chi connectivity index (χ1v) is 6.87. The third-order valence-electron chi connectivity index (χ3n) is 3.95. The largest absolute Gasteiger partial charge is 0.396 e. The van der Waals surface area contributed by atoms with E-state index in [4.69, 9.17) is 11.6 Å². The normalized spacial score (nSPS) is 17.2. The van der Waals surface area contributed by atoms with E-state index in [2.05, 4.69) is 10.3 Å². The summed E-state index contributed by atoms with van der Waals surface area (Å²) >= 11 is 6.14. The van der Waals surface area contributed by atoms with Gasteiger partial charge in [0.1, 0.15) is 0 Å². The summed E-state index contributed by atoms with van der Waals surface area (Å²) in [6, 6.07) is 7.55. The Kier molecular flexibility index (Phi) is 3.29. The Bertz CT molecular complexity index is 572. The fourth-order valence-corrected chi connectivity index (χ4v) is 2.81. The van der Waals surface area contributed by atoms with Gasteiger partial charge in [0.05, 0.1) is 22.6 Å². The van der Waals surface area contributed by atoms with Crippen LogP contribution in [-0.4, -0.2) is 26.7 Å². The Morgan fingerprint density at radius 2 is 2.11 bits per heavy atom. The Hall–Kier alpha value is -1.39. The summed E-state index contributed by atoms with van der Waals surface area (Å²) in [7, 11) is 0. The minimum absolute atomic E-state index is 0.0291. The monoisotopic (exact) mass is 277 g/mol. The number of hydrogen-bond donors (Lipinski definition) is 1. The SMILES string of the molecule is OCC1(Cc2cn(-c3ccccc3Cl)nn2)CCC1. The van der Waals surface area contributed by atoms with Gasteiger partial charge in [0.25, 0.3) is 0 Å². The summed E-state index contributed by atoms with van der Waals surface area (Å²) in [6.45, 7) is 0.228. The Labute approximate surface area is 117 Å². The molecule has 5 heteroatoms. The third-order valence-corrected chi connectivity index (χ3v) is 4.27. The molecule has 3 rings (SSSR count). The number of nitrogens with zero attached hydrogens (tertiary/aromatic N) is 3. The molecular formula is C14H16ClN3O. The summed E-state index contributed by atoms with van der Waals surface area (Å²) in [5, 5.41) is 18.5. The lowest BCUT2D eigenvalue weighted by atomic mass is 9.67. The van der Waals surface area contributed by atoms with Gasteiger partial charge in [0.15, 0.2) is 0 Å². The van der Waals surface area contributed by atoms with Crippen LogP contribution in [0.15, 0.2) is 30.5 Å². The molecule has 0 aliphatic heterocycles. The predicted octanol–water partition coefficient (Wildman–Crippen LogP) is 2.63. The van der Waals surface area contributed by atoms with Gasteiger partial charge in [-0.1, -0.05) is 35.4 Å². The van der Waals surface area contributed by atoms with Crippen LogP contribution in [0.3, 0.4) is 0 Å². The fraction of sp³-hybridized carbons (Fsp3) is 0.429. The summed E-state index contributed by atoms with van der Waals surface area (Å²) in [5.74, 6) is 0. The van der Waals surface area contributed by atoms with Crippen molar-refractivity contribution in [2.45, 2.75) is 25.7 Å². The van der Waals surface area contributed by atoms with Crippen molar-refractivity contribution < 1.29 is 5.11 Å². The zero-order valence-corrected chi connectivity index (χ0v) is 11.3. The molecule has 0 atom stereocenters. The zero-order chi connectivity index (χ0) is 13.3. The Balaban J connectivity index is 1.82. The van der Waals surface area contributed by atoms with Gasteiger partial charge in [-0.2, -0.15) is 0 Å². The van der Waals surface area contributed by atoms with Gasteiger partial charge in [-0.3, -0.25) is 0 Å². The van der Waals surface area contributed by atoms with Gasteiger partial charge < -0.3 is 5.11 Å². The molecule has 2 aromatic rings. The van der Waals surface area contributed by atoms with Gasteiger partial charge in [0.2, 0.25) is 0 Å². The number of rotatable bonds is 4. The standard InChI is InChI=1S/C14H16ClN3O/c15-12-4-1-2-5-13(12)18-9-11(16-17-18)8-14(10-19)6-3-7-14/h1-2,4-5,9,19H,3,6-8,10H2. The smallest absolute Gasteiger partial charge is 0.0849 e. The molecule has 100 valence electrons. The molecule has 1 N–H and O–H groups in total. The maximum Gasteiger partial charge on any atom is 0.0849 e. The van der Waals surface area contributed by atoms with Crippen LogP contribution in [0.4, 0.5) is 0 Å². The molecule has 0 saturated heterocycles. The quantitative estimate of drug-likeness (QED) is 0.935. The number of benzene rings is 1. The van der Waals surface area contributed by atoms with E-state index >= 15 is 0 Å². The molecule has 0 radical (unpaired) electrons. The molecule has 1 aliphatic rings. The lowest BCUT2D eigenvalue weighted by Gasteiger charge is -2.39. The molecule has 1 aromatic heterocycles. The van der Waals surface area contributed by atoms with E-state index in [0.717, 1.165) is 30.6 Å². The van der Waals surface area contributed by atoms with Crippen LogP contribution in [0.1, 0.15) is 25.0 Å². The molecule has 1 heterocycles. The van der Waals surface area contributed by atoms with Gasteiger partial charge in [-0.25, -0.2) is 4.68 Å². The van der Waals surface area contributed by atoms with Crippen LogP contribution >= 0.6 is 11.6 Å². The molecule has 4 nitrogen and oxygen atoms in total. The maximum absolute atomic E-state index is 9.49. The van der Waals surface area contributed by atoms with Crippen LogP contribution in [0.2, 0.25) is 5.02 Å². The van der Waals surface area contributed by atoms with Crippen molar-refractivity contribution in [1.29, 1.82) is 0 Å². The van der Waals surface area contributed by atoms with Crippen molar-refractivity contribution in [2.75, 3.05) is 6.61 Å². The zero-order valence-electron chi connectivity index (χ0n) is 10.6. The van der Waals surface area contributed by atoms with E-state index < -0.39 is 0 Å². The number of para-hydroxylation sites is 1. The van der Waals surface area contributed by atoms with E-state index in [0.29, 0.717) is 5.02 Å². The second kappa shape index (κ2) is 4.94. The maximum atomic E-state index is 9.49. The topological polar surface area (TPSA) is 50.9 Å². The average molecular weight is 278 g/mol. The minimum Gasteiger partial charge on any atom is -0.396 e. The van der Waals surface area contributed by atoms with E-state index in [1.54, 1.807) is 4.68 Å². The van der Waals surface area contributed by atoms with Crippen molar-refractivity contribution in [1.82, 2.24) is 15.0 Å². The third kappa shape index (κ3) is 2.38. The molecule has 0 bridgehead atoms. The number of halogens is 1. The molecule has 0 amide bonds. The van der Waals surface area contributed by atoms with Crippen molar-refractivity contribution in [2.24, 2.45) is 5.41 Å². The van der Waals surface area contributed by atoms with Crippen molar-refractivity contribution in [3.63, 3.8) is 0 Å². The van der Waals surface area contributed by atoms with Crippen molar-refractivity contribution in [3.05, 3.63) is 41.2 Å². The number of aliphatic hydroxyl groups is 1. The summed E-state index contributed by atoms with van der Waals surface area (Å²) in [4.78, 5) is 0. The van der Waals surface area contributed by atoms with Gasteiger partial charge in [0, 0.05) is 13.0 Å². The van der Waals surface area contributed by atoms with Crippen molar-refractivity contribution in [3.8, 4) is 5.69 Å². The number of hydrogen-bond acceptors (Lipinski definition) is 3. The summed E-state index contributed by atoms with van der Waals surface area (Å²) in [5.41, 5.74) is 1.77. The van der Waals surface area contributed by atoms with E-state index in [1.807, 2.05) is 30.5 Å². The highest BCUT2D eigenvalue weighted by Gasteiger charge is 2.37. The molecule has 19 heavy (non-hydrogen) atoms. The van der Waals surface area contributed by atoms with Gasteiger partial charge in [-0.05, 0) is 30.4 Å². The predicted molar refractivity (Wildman–Crippen MR) is 73.4 cm³/mol. The van der Waals surface area contributed by atoms with E-state index in [9.17, 15) is 5.11 Å². The van der Waals surface area contributed by atoms with Crippen LogP contribution in [0, 0.1) is 5.41 Å². The molecule has 0 spiro atoms. The molecular weight excluding hydrogens is 262 g/mol. The van der Waals surface area contributed by atoms with Gasteiger partial charge in [-0.15, -0.1) is 5.10 Å². The minimum atomic E-state index is 0.0291. The average Bonchev–Trinajstić information content (AvgIpc) is 2.83. The molecule has 0 unspecified atom stereocenters. The molecule has 1 saturated carbocycles. The van der Waals surface area contributed by atoms with Crippen LogP contribution in [0.5, 0.6) is 0 Å². The fourth-order valence-electron chi connectivity index (χ4n) is 2.59. The number of aromatic nitrogens is 3. The first-order chi connectivity index (χ1) is 9.22. The summed E-state index contributed by atoms with van der Waals surface area (Å²) < 4.78 is 1.70. The highest BCUT2D eigenvalue weighted by Crippen LogP contribution is 2.42. The second-order valence-electron chi connectivity index (χ2n) is 5.29. The molecule has 1 aromatic carbocycles. The van der Waals surface area contributed by atoms with Crippen LogP contribution < -0.4 is 0 Å². The van der Waals surface area contributed by atoms with Crippen LogP contribution in [0.25, 0.3) is 5.69 Å². The Morgan fingerprint density at radius 1 is 1.32 bits per heavy atom. The molecule has 1 fully saturated rings. The molecule has 1 aliphatic carbocycles. The number of aliphatic hydroxyl groups excluding tert-OH is 1. The second-order valence-corrected chi connectivity index (χ2v) is 5.70. The first kappa shape index (κ1) is 12.6. The van der Waals surface area contributed by atoms with E-state index in [1.165, 1.54) is 6.42 Å². The van der Waals surface area contributed by atoms with Crippen molar-refractivity contribution >= 4 is 11.6 Å². The van der Waals surface area contributed by atoms with Gasteiger partial charge >= 0.3 is 0 Å².